The van der Waals surface area contributed by atoms with E-state index in [1.807, 2.05) is 30.3 Å². The smallest absolute Gasteiger partial charge is 0.261 e. The third-order valence-corrected chi connectivity index (χ3v) is 7.32. The number of allylic oxidation sites excluding steroid dienone is 2. The molecule has 1 aliphatic carbocycles. The van der Waals surface area contributed by atoms with Crippen LogP contribution in [0.1, 0.15) is 54.8 Å². The third-order valence-electron chi connectivity index (χ3n) is 7.32. The molecular formula is C31H37N3O3. The SMILES string of the molecule is CC(C)C1=CC=CC(C(C)C)C1NC(=O)CCN(CCN1C(=O)c2ccccc2C1=O)c1ccccc1. The number of anilines is 1. The lowest BCUT2D eigenvalue weighted by Crippen LogP contribution is -2.46. The molecule has 6 nitrogen and oxygen atoms in total. The molecule has 2 atom stereocenters. The maximum absolute atomic E-state index is 13.2. The van der Waals surface area contributed by atoms with Gasteiger partial charge in [0.1, 0.15) is 0 Å². The van der Waals surface area contributed by atoms with E-state index in [0.717, 1.165) is 5.69 Å². The first-order valence-electron chi connectivity index (χ1n) is 13.2. The Labute approximate surface area is 220 Å². The molecular weight excluding hydrogens is 462 g/mol. The van der Waals surface area contributed by atoms with Gasteiger partial charge in [-0.15, -0.1) is 0 Å². The van der Waals surface area contributed by atoms with Gasteiger partial charge in [-0.3, -0.25) is 19.3 Å². The Morgan fingerprint density at radius 2 is 1.54 bits per heavy atom. The van der Waals surface area contributed by atoms with Crippen LogP contribution in [0.4, 0.5) is 5.69 Å². The molecule has 3 amide bonds. The van der Waals surface area contributed by atoms with Crippen molar-refractivity contribution in [3.8, 4) is 0 Å². The predicted octanol–water partition coefficient (Wildman–Crippen LogP) is 5.09. The predicted molar refractivity (Wildman–Crippen MR) is 147 cm³/mol. The molecule has 0 saturated carbocycles. The van der Waals surface area contributed by atoms with Crippen molar-refractivity contribution in [2.24, 2.45) is 17.8 Å². The maximum atomic E-state index is 13.2. The molecule has 2 aliphatic rings. The molecule has 6 heteroatoms. The molecule has 0 spiro atoms. The fourth-order valence-corrected chi connectivity index (χ4v) is 5.22. The minimum absolute atomic E-state index is 0.000776. The van der Waals surface area contributed by atoms with Crippen LogP contribution in [-0.2, 0) is 4.79 Å². The molecule has 37 heavy (non-hydrogen) atoms. The van der Waals surface area contributed by atoms with Gasteiger partial charge in [0.2, 0.25) is 5.91 Å². The summed E-state index contributed by atoms with van der Waals surface area (Å²) < 4.78 is 0. The topological polar surface area (TPSA) is 69.7 Å². The van der Waals surface area contributed by atoms with E-state index >= 15 is 0 Å². The van der Waals surface area contributed by atoms with Crippen molar-refractivity contribution in [2.45, 2.75) is 40.2 Å². The number of rotatable bonds is 10. The molecule has 0 aromatic heterocycles. The van der Waals surface area contributed by atoms with Crippen LogP contribution in [0.5, 0.6) is 0 Å². The number of carbonyl (C=O) groups is 3. The van der Waals surface area contributed by atoms with Crippen molar-refractivity contribution in [2.75, 3.05) is 24.5 Å². The van der Waals surface area contributed by atoms with Gasteiger partial charge in [-0.25, -0.2) is 0 Å². The number of imide groups is 1. The molecule has 2 aromatic carbocycles. The van der Waals surface area contributed by atoms with Crippen LogP contribution < -0.4 is 10.2 Å². The summed E-state index contributed by atoms with van der Waals surface area (Å²) in [4.78, 5) is 42.2. The number of hydrogen-bond acceptors (Lipinski definition) is 4. The van der Waals surface area contributed by atoms with E-state index in [1.165, 1.54) is 10.5 Å². The molecule has 2 aromatic rings. The van der Waals surface area contributed by atoms with Crippen molar-refractivity contribution >= 4 is 23.4 Å². The third kappa shape index (κ3) is 5.85. The van der Waals surface area contributed by atoms with Gasteiger partial charge in [-0.05, 0) is 41.7 Å². The highest BCUT2D eigenvalue weighted by molar-refractivity contribution is 6.21. The standard InChI is InChI=1S/C31H37N3O3/c1-21(2)24-15-10-16-25(22(3)4)29(24)32-28(35)17-18-33(23-11-6-5-7-12-23)19-20-34-30(36)26-13-8-9-14-27(26)31(34)37/h5-16,21-22,24,29H,17-20H2,1-4H3,(H,32,35). The quantitative estimate of drug-likeness (QED) is 0.463. The van der Waals surface area contributed by atoms with Crippen LogP contribution in [0, 0.1) is 17.8 Å². The van der Waals surface area contributed by atoms with E-state index in [4.69, 9.17) is 0 Å². The first-order chi connectivity index (χ1) is 17.8. The fourth-order valence-electron chi connectivity index (χ4n) is 5.22. The zero-order valence-electron chi connectivity index (χ0n) is 22.2. The summed E-state index contributed by atoms with van der Waals surface area (Å²) in [5.41, 5.74) is 3.11. The van der Waals surface area contributed by atoms with Crippen molar-refractivity contribution in [1.82, 2.24) is 10.2 Å². The van der Waals surface area contributed by atoms with E-state index in [0.29, 0.717) is 42.5 Å². The first kappa shape index (κ1) is 26.4. The number of fused-ring (bicyclic) bond motifs is 1. The minimum atomic E-state index is -0.260. The lowest BCUT2D eigenvalue weighted by atomic mass is 9.77. The zero-order chi connectivity index (χ0) is 26.5. The van der Waals surface area contributed by atoms with E-state index in [-0.39, 0.29) is 36.2 Å². The molecule has 2 unspecified atom stereocenters. The first-order valence-corrected chi connectivity index (χ1v) is 13.2. The number of hydrogen-bond donors (Lipinski definition) is 1. The second-order valence-corrected chi connectivity index (χ2v) is 10.5. The van der Waals surface area contributed by atoms with Crippen molar-refractivity contribution in [3.05, 3.63) is 89.5 Å². The van der Waals surface area contributed by atoms with Gasteiger partial charge in [-0.1, -0.05) is 76.3 Å². The van der Waals surface area contributed by atoms with Crippen LogP contribution in [0.15, 0.2) is 78.4 Å². The molecule has 0 saturated heterocycles. The summed E-state index contributed by atoms with van der Waals surface area (Å²) in [5.74, 6) is 0.486. The van der Waals surface area contributed by atoms with Crippen molar-refractivity contribution < 1.29 is 14.4 Å². The highest BCUT2D eigenvalue weighted by Crippen LogP contribution is 2.30. The molecule has 0 radical (unpaired) electrons. The number of para-hydroxylation sites is 1. The Bertz CT molecular complexity index is 1160. The van der Waals surface area contributed by atoms with Gasteiger partial charge in [0.25, 0.3) is 11.8 Å². The summed E-state index contributed by atoms with van der Waals surface area (Å²) in [6, 6.07) is 16.7. The van der Waals surface area contributed by atoms with Gasteiger partial charge in [0.05, 0.1) is 17.2 Å². The molecule has 1 N–H and O–H groups in total. The summed E-state index contributed by atoms with van der Waals surface area (Å²) in [5, 5.41) is 3.31. The van der Waals surface area contributed by atoms with Crippen molar-refractivity contribution in [1.29, 1.82) is 0 Å². The normalized spacial score (nSPS) is 18.9. The Morgan fingerprint density at radius 3 is 2.14 bits per heavy atom. The Hall–Kier alpha value is -3.67. The number of nitrogens with one attached hydrogen (secondary N) is 1. The zero-order valence-corrected chi connectivity index (χ0v) is 22.2. The Kier molecular flexibility index (Phi) is 8.27. The summed E-state index contributed by atoms with van der Waals surface area (Å²) >= 11 is 0. The van der Waals surface area contributed by atoms with E-state index in [2.05, 4.69) is 56.1 Å². The van der Waals surface area contributed by atoms with Gasteiger partial charge in [0, 0.05) is 37.7 Å². The molecule has 0 fully saturated rings. The van der Waals surface area contributed by atoms with Crippen LogP contribution in [0.25, 0.3) is 0 Å². The minimum Gasteiger partial charge on any atom is -0.369 e. The molecule has 1 heterocycles. The van der Waals surface area contributed by atoms with Crippen LogP contribution >= 0.6 is 0 Å². The molecule has 4 rings (SSSR count). The molecule has 1 aliphatic heterocycles. The largest absolute Gasteiger partial charge is 0.369 e. The lowest BCUT2D eigenvalue weighted by Gasteiger charge is -2.35. The number of nitrogens with zero attached hydrogens (tertiary/aromatic N) is 2. The van der Waals surface area contributed by atoms with E-state index in [9.17, 15) is 14.4 Å². The van der Waals surface area contributed by atoms with Crippen LogP contribution in [-0.4, -0.2) is 48.3 Å². The molecule has 194 valence electrons. The van der Waals surface area contributed by atoms with Crippen molar-refractivity contribution in [3.63, 3.8) is 0 Å². The van der Waals surface area contributed by atoms with E-state index < -0.39 is 0 Å². The van der Waals surface area contributed by atoms with E-state index in [1.54, 1.807) is 24.3 Å². The summed E-state index contributed by atoms with van der Waals surface area (Å²) in [6.07, 6.45) is 6.75. The highest BCUT2D eigenvalue weighted by Gasteiger charge is 2.35. The number of amides is 3. The maximum Gasteiger partial charge on any atom is 0.261 e. The average molecular weight is 500 g/mol. The van der Waals surface area contributed by atoms with Crippen LogP contribution in [0.3, 0.4) is 0 Å². The Morgan fingerprint density at radius 1 is 0.919 bits per heavy atom. The van der Waals surface area contributed by atoms with Gasteiger partial charge in [0.15, 0.2) is 0 Å². The van der Waals surface area contributed by atoms with Gasteiger partial charge >= 0.3 is 0 Å². The molecule has 0 bridgehead atoms. The fraction of sp³-hybridized carbons (Fsp3) is 0.387. The summed E-state index contributed by atoms with van der Waals surface area (Å²) in [6.45, 7) is 9.89. The average Bonchev–Trinajstić information content (AvgIpc) is 3.14. The monoisotopic (exact) mass is 499 g/mol. The Balaban J connectivity index is 1.42. The lowest BCUT2D eigenvalue weighted by molar-refractivity contribution is -0.121. The summed E-state index contributed by atoms with van der Waals surface area (Å²) in [7, 11) is 0. The number of carbonyl (C=O) groups excluding carboxylic acids is 3. The van der Waals surface area contributed by atoms with Gasteiger partial charge < -0.3 is 10.2 Å². The highest BCUT2D eigenvalue weighted by atomic mass is 16.2. The second-order valence-electron chi connectivity index (χ2n) is 10.5. The second kappa shape index (κ2) is 11.6. The van der Waals surface area contributed by atoms with Gasteiger partial charge in [-0.2, -0.15) is 0 Å². The number of benzene rings is 2. The van der Waals surface area contributed by atoms with Crippen LogP contribution in [0.2, 0.25) is 0 Å².